The third-order valence-corrected chi connectivity index (χ3v) is 3.43. The Kier molecular flexibility index (Phi) is 7.59. The van der Waals surface area contributed by atoms with Crippen molar-refractivity contribution >= 4 is 18.3 Å². The third kappa shape index (κ3) is 5.12. The van der Waals surface area contributed by atoms with Gasteiger partial charge in [-0.15, -0.1) is 12.4 Å². The second-order valence-electron chi connectivity index (χ2n) is 4.93. The maximum absolute atomic E-state index is 12.0. The van der Waals surface area contributed by atoms with Gasteiger partial charge in [-0.1, -0.05) is 30.3 Å². The minimum absolute atomic E-state index is 0. The number of benzene rings is 1. The molecule has 1 amide bonds. The molecule has 2 rings (SSSR count). The van der Waals surface area contributed by atoms with Crippen molar-refractivity contribution in [2.75, 3.05) is 32.8 Å². The van der Waals surface area contributed by atoms with Crippen LogP contribution in [0.15, 0.2) is 30.3 Å². The Labute approximate surface area is 126 Å². The van der Waals surface area contributed by atoms with Crippen molar-refractivity contribution in [3.63, 3.8) is 0 Å². The van der Waals surface area contributed by atoms with Gasteiger partial charge in [0.1, 0.15) is 6.61 Å². The van der Waals surface area contributed by atoms with E-state index in [1.54, 1.807) is 0 Å². The molecule has 0 aromatic heterocycles. The molecule has 1 aromatic carbocycles. The van der Waals surface area contributed by atoms with E-state index in [9.17, 15) is 4.79 Å². The largest absolute Gasteiger partial charge is 0.371 e. The topological polar surface area (TPSA) is 41.6 Å². The molecule has 0 spiro atoms. The van der Waals surface area contributed by atoms with Gasteiger partial charge >= 0.3 is 0 Å². The summed E-state index contributed by atoms with van der Waals surface area (Å²) in [6.07, 6.45) is 0.852. The first-order valence-electron chi connectivity index (χ1n) is 6.89. The summed E-state index contributed by atoms with van der Waals surface area (Å²) < 4.78 is 5.49. The average molecular weight is 299 g/mol. The van der Waals surface area contributed by atoms with E-state index in [0.717, 1.165) is 26.1 Å². The molecule has 20 heavy (non-hydrogen) atoms. The molecule has 0 aliphatic carbocycles. The molecule has 1 fully saturated rings. The number of ether oxygens (including phenoxy) is 1. The molecule has 0 saturated carbocycles. The van der Waals surface area contributed by atoms with Gasteiger partial charge in [-0.25, -0.2) is 0 Å². The number of piperazine rings is 1. The molecule has 0 bridgehead atoms. The first-order chi connectivity index (χ1) is 9.27. The fraction of sp³-hybridized carbons (Fsp3) is 0.533. The summed E-state index contributed by atoms with van der Waals surface area (Å²) in [5.74, 6) is 0.0991. The highest BCUT2D eigenvalue weighted by Crippen LogP contribution is 2.04. The number of nitrogens with zero attached hydrogens (tertiary/aromatic N) is 1. The highest BCUT2D eigenvalue weighted by Gasteiger charge is 2.22. The number of rotatable bonds is 5. The number of carbonyl (C=O) groups is 1. The zero-order valence-electron chi connectivity index (χ0n) is 11.9. The van der Waals surface area contributed by atoms with E-state index in [1.165, 1.54) is 5.56 Å². The SMILES string of the molecule is CC1CNCCN1C(=O)COCCc1ccccc1.Cl. The molecule has 1 aromatic rings. The van der Waals surface area contributed by atoms with E-state index in [4.69, 9.17) is 4.74 Å². The molecular formula is C15H23ClN2O2. The second kappa shape index (κ2) is 8.95. The second-order valence-corrected chi connectivity index (χ2v) is 4.93. The zero-order chi connectivity index (χ0) is 13.5. The van der Waals surface area contributed by atoms with Gasteiger partial charge in [0.2, 0.25) is 5.91 Å². The Morgan fingerprint density at radius 3 is 2.85 bits per heavy atom. The van der Waals surface area contributed by atoms with Gasteiger partial charge in [-0.3, -0.25) is 4.79 Å². The first-order valence-corrected chi connectivity index (χ1v) is 6.89. The van der Waals surface area contributed by atoms with E-state index in [1.807, 2.05) is 23.1 Å². The Bertz CT molecular complexity index is 400. The van der Waals surface area contributed by atoms with Crippen LogP contribution < -0.4 is 5.32 Å². The van der Waals surface area contributed by atoms with Crippen LogP contribution in [-0.4, -0.2) is 49.7 Å². The van der Waals surface area contributed by atoms with Crippen molar-refractivity contribution in [1.82, 2.24) is 10.2 Å². The van der Waals surface area contributed by atoms with Crippen molar-refractivity contribution < 1.29 is 9.53 Å². The lowest BCUT2D eigenvalue weighted by atomic mass is 10.2. The molecule has 1 aliphatic heterocycles. The van der Waals surface area contributed by atoms with Gasteiger partial charge in [-0.05, 0) is 18.9 Å². The zero-order valence-corrected chi connectivity index (χ0v) is 12.7. The molecule has 1 N–H and O–H groups in total. The van der Waals surface area contributed by atoms with Gasteiger partial charge in [0.15, 0.2) is 0 Å². The minimum atomic E-state index is 0. The minimum Gasteiger partial charge on any atom is -0.371 e. The van der Waals surface area contributed by atoms with Gasteiger partial charge in [0.25, 0.3) is 0 Å². The Morgan fingerprint density at radius 2 is 2.15 bits per heavy atom. The maximum Gasteiger partial charge on any atom is 0.248 e. The van der Waals surface area contributed by atoms with Crippen molar-refractivity contribution in [2.45, 2.75) is 19.4 Å². The molecule has 1 aliphatic rings. The number of halogens is 1. The first kappa shape index (κ1) is 17.0. The van der Waals surface area contributed by atoms with Gasteiger partial charge < -0.3 is 15.0 Å². The standard InChI is InChI=1S/C15H22N2O2.ClH/c1-13-11-16-8-9-17(13)15(18)12-19-10-7-14-5-3-2-4-6-14;/h2-6,13,16H,7-12H2,1H3;1H. The molecule has 4 nitrogen and oxygen atoms in total. The summed E-state index contributed by atoms with van der Waals surface area (Å²) in [5.41, 5.74) is 1.24. The number of hydrogen-bond donors (Lipinski definition) is 1. The van der Waals surface area contributed by atoms with Gasteiger partial charge in [0.05, 0.1) is 6.61 Å². The van der Waals surface area contributed by atoms with Crippen LogP contribution in [0.5, 0.6) is 0 Å². The molecule has 1 atom stereocenters. The summed E-state index contributed by atoms with van der Waals surface area (Å²) in [6.45, 7) is 5.37. The molecule has 1 saturated heterocycles. The normalized spacial score (nSPS) is 18.4. The third-order valence-electron chi connectivity index (χ3n) is 3.43. The smallest absolute Gasteiger partial charge is 0.248 e. The lowest BCUT2D eigenvalue weighted by Gasteiger charge is -2.33. The van der Waals surface area contributed by atoms with E-state index < -0.39 is 0 Å². The Balaban J connectivity index is 0.00000200. The summed E-state index contributed by atoms with van der Waals surface area (Å²) >= 11 is 0. The lowest BCUT2D eigenvalue weighted by Crippen LogP contribution is -2.53. The molecule has 1 heterocycles. The Hall–Kier alpha value is -1.10. The highest BCUT2D eigenvalue weighted by molar-refractivity contribution is 5.85. The number of carbonyl (C=O) groups excluding carboxylic acids is 1. The summed E-state index contributed by atoms with van der Waals surface area (Å²) in [4.78, 5) is 13.9. The van der Waals surface area contributed by atoms with E-state index in [-0.39, 0.29) is 31.0 Å². The van der Waals surface area contributed by atoms with Crippen molar-refractivity contribution in [1.29, 1.82) is 0 Å². The summed E-state index contributed by atoms with van der Waals surface area (Å²) in [5, 5.41) is 3.27. The van der Waals surface area contributed by atoms with Crippen molar-refractivity contribution in [2.24, 2.45) is 0 Å². The van der Waals surface area contributed by atoms with Crippen LogP contribution in [0.2, 0.25) is 0 Å². The summed E-state index contributed by atoms with van der Waals surface area (Å²) in [6, 6.07) is 10.4. The van der Waals surface area contributed by atoms with Crippen molar-refractivity contribution in [3.05, 3.63) is 35.9 Å². The van der Waals surface area contributed by atoms with Crippen molar-refractivity contribution in [3.8, 4) is 0 Å². The quantitative estimate of drug-likeness (QED) is 0.838. The fourth-order valence-electron chi connectivity index (χ4n) is 2.29. The molecule has 5 heteroatoms. The predicted octanol–water partition coefficient (Wildman–Crippen LogP) is 1.49. The molecule has 0 radical (unpaired) electrons. The van der Waals surface area contributed by atoms with Crippen LogP contribution in [0.1, 0.15) is 12.5 Å². The van der Waals surface area contributed by atoms with E-state index in [2.05, 4.69) is 24.4 Å². The van der Waals surface area contributed by atoms with Crippen LogP contribution >= 0.6 is 12.4 Å². The van der Waals surface area contributed by atoms with Crippen LogP contribution in [0.4, 0.5) is 0 Å². The van der Waals surface area contributed by atoms with Gasteiger partial charge in [-0.2, -0.15) is 0 Å². The predicted molar refractivity (Wildman–Crippen MR) is 82.3 cm³/mol. The van der Waals surface area contributed by atoms with Gasteiger partial charge in [0, 0.05) is 25.7 Å². The summed E-state index contributed by atoms with van der Waals surface area (Å²) in [7, 11) is 0. The number of amides is 1. The van der Waals surface area contributed by atoms with E-state index >= 15 is 0 Å². The average Bonchev–Trinajstić information content (AvgIpc) is 2.45. The fourth-order valence-corrected chi connectivity index (χ4v) is 2.29. The number of hydrogen-bond acceptors (Lipinski definition) is 3. The molecular weight excluding hydrogens is 276 g/mol. The van der Waals surface area contributed by atoms with E-state index in [0.29, 0.717) is 6.61 Å². The Morgan fingerprint density at radius 1 is 1.40 bits per heavy atom. The monoisotopic (exact) mass is 298 g/mol. The molecule has 1 unspecified atom stereocenters. The highest BCUT2D eigenvalue weighted by atomic mass is 35.5. The lowest BCUT2D eigenvalue weighted by molar-refractivity contribution is -0.138. The maximum atomic E-state index is 12.0. The molecule has 112 valence electrons. The van der Waals surface area contributed by atoms with Crippen LogP contribution in [0.25, 0.3) is 0 Å². The number of nitrogens with one attached hydrogen (secondary N) is 1. The van der Waals surface area contributed by atoms with Crippen LogP contribution in [0, 0.1) is 0 Å². The van der Waals surface area contributed by atoms with Crippen LogP contribution in [-0.2, 0) is 16.0 Å². The van der Waals surface area contributed by atoms with Crippen LogP contribution in [0.3, 0.4) is 0 Å².